The Morgan fingerprint density at radius 3 is 2.77 bits per heavy atom. The monoisotopic (exact) mass is 183 g/mol. The molecule has 0 saturated heterocycles. The molecule has 0 radical (unpaired) electrons. The number of aliphatic imine (C=N–C) groups is 1. The highest BCUT2D eigenvalue weighted by atomic mass is 16.2. The molecular formula is C9H17N3O. The fourth-order valence-corrected chi connectivity index (χ4v) is 1.45. The van der Waals surface area contributed by atoms with E-state index in [2.05, 4.69) is 17.2 Å². The van der Waals surface area contributed by atoms with E-state index >= 15 is 0 Å². The van der Waals surface area contributed by atoms with Crippen LogP contribution in [0.1, 0.15) is 39.0 Å². The van der Waals surface area contributed by atoms with Crippen molar-refractivity contribution in [3.05, 3.63) is 0 Å². The Balaban J connectivity index is 2.16. The Labute approximate surface area is 78.6 Å². The van der Waals surface area contributed by atoms with Gasteiger partial charge in [0.1, 0.15) is 5.84 Å². The number of nitrogens with zero attached hydrogens (tertiary/aromatic N) is 1. The quantitative estimate of drug-likeness (QED) is 0.633. The molecule has 0 aromatic rings. The summed E-state index contributed by atoms with van der Waals surface area (Å²) in [7, 11) is 0. The maximum absolute atomic E-state index is 10.8. The Morgan fingerprint density at radius 1 is 1.46 bits per heavy atom. The highest BCUT2D eigenvalue weighted by Crippen LogP contribution is 2.08. The maximum atomic E-state index is 10.8. The molecule has 13 heavy (non-hydrogen) atoms. The van der Waals surface area contributed by atoms with Gasteiger partial charge < -0.3 is 11.1 Å². The molecular weight excluding hydrogens is 166 g/mol. The molecule has 74 valence electrons. The van der Waals surface area contributed by atoms with Gasteiger partial charge in [-0.2, -0.15) is 4.99 Å². The van der Waals surface area contributed by atoms with Gasteiger partial charge in [0.2, 0.25) is 0 Å². The van der Waals surface area contributed by atoms with E-state index in [-0.39, 0.29) is 12.1 Å². The standard InChI is InChI=1S/C9H17N3O/c1-2-3-4-5-6-7-8(10)12-9(13)11-7/h7H,2-6H2,1H3,(H3,10,11,12,13). The van der Waals surface area contributed by atoms with E-state index in [1.165, 1.54) is 19.3 Å². The van der Waals surface area contributed by atoms with E-state index in [4.69, 9.17) is 5.73 Å². The molecule has 0 aliphatic carbocycles. The molecule has 1 rings (SSSR count). The van der Waals surface area contributed by atoms with Gasteiger partial charge in [0, 0.05) is 0 Å². The van der Waals surface area contributed by atoms with E-state index in [9.17, 15) is 4.79 Å². The Morgan fingerprint density at radius 2 is 2.23 bits per heavy atom. The summed E-state index contributed by atoms with van der Waals surface area (Å²) >= 11 is 0. The number of amidine groups is 1. The van der Waals surface area contributed by atoms with Gasteiger partial charge >= 0.3 is 6.03 Å². The second-order valence-corrected chi connectivity index (χ2v) is 3.39. The van der Waals surface area contributed by atoms with Crippen LogP contribution < -0.4 is 11.1 Å². The second kappa shape index (κ2) is 4.84. The van der Waals surface area contributed by atoms with Gasteiger partial charge in [-0.1, -0.05) is 32.6 Å². The van der Waals surface area contributed by atoms with Gasteiger partial charge in [0.15, 0.2) is 0 Å². The molecule has 1 heterocycles. The van der Waals surface area contributed by atoms with Crippen LogP contribution in [0.5, 0.6) is 0 Å². The molecule has 1 unspecified atom stereocenters. The lowest BCUT2D eigenvalue weighted by Gasteiger charge is -2.09. The van der Waals surface area contributed by atoms with E-state index in [1.807, 2.05) is 0 Å². The van der Waals surface area contributed by atoms with Gasteiger partial charge in [-0.15, -0.1) is 0 Å². The van der Waals surface area contributed by atoms with Crippen LogP contribution in [-0.4, -0.2) is 17.9 Å². The minimum absolute atomic E-state index is 0.00986. The number of hydrogen-bond donors (Lipinski definition) is 2. The van der Waals surface area contributed by atoms with Crippen LogP contribution in [0.2, 0.25) is 0 Å². The zero-order chi connectivity index (χ0) is 9.68. The van der Waals surface area contributed by atoms with E-state index in [1.54, 1.807) is 0 Å². The first-order valence-corrected chi connectivity index (χ1v) is 4.88. The zero-order valence-electron chi connectivity index (χ0n) is 8.05. The van der Waals surface area contributed by atoms with Gasteiger partial charge in [-0.3, -0.25) is 0 Å². The molecule has 0 fully saturated rings. The van der Waals surface area contributed by atoms with Crippen LogP contribution in [-0.2, 0) is 0 Å². The predicted octanol–water partition coefficient (Wildman–Crippen LogP) is 1.41. The predicted molar refractivity (Wildman–Crippen MR) is 52.7 cm³/mol. The fourth-order valence-electron chi connectivity index (χ4n) is 1.45. The van der Waals surface area contributed by atoms with Crippen molar-refractivity contribution in [3.8, 4) is 0 Å². The van der Waals surface area contributed by atoms with Crippen LogP contribution in [0.25, 0.3) is 0 Å². The number of rotatable bonds is 5. The molecule has 0 bridgehead atoms. The third kappa shape index (κ3) is 3.05. The summed E-state index contributed by atoms with van der Waals surface area (Å²) in [5.41, 5.74) is 5.55. The summed E-state index contributed by atoms with van der Waals surface area (Å²) in [5.74, 6) is 0.446. The minimum Gasteiger partial charge on any atom is -0.385 e. The van der Waals surface area contributed by atoms with Crippen molar-refractivity contribution in [2.24, 2.45) is 10.7 Å². The molecule has 3 N–H and O–H groups in total. The van der Waals surface area contributed by atoms with Crippen molar-refractivity contribution >= 4 is 11.9 Å². The number of amides is 2. The summed E-state index contributed by atoms with van der Waals surface area (Å²) in [4.78, 5) is 14.4. The van der Waals surface area contributed by atoms with Crippen molar-refractivity contribution < 1.29 is 4.79 Å². The lowest BCUT2D eigenvalue weighted by Crippen LogP contribution is -2.35. The van der Waals surface area contributed by atoms with Gasteiger partial charge in [-0.25, -0.2) is 4.79 Å². The largest absolute Gasteiger partial charge is 0.385 e. The minimum atomic E-state index is -0.294. The fraction of sp³-hybridized carbons (Fsp3) is 0.778. The average Bonchev–Trinajstić information content (AvgIpc) is 2.39. The molecule has 0 aromatic heterocycles. The highest BCUT2D eigenvalue weighted by Gasteiger charge is 2.22. The molecule has 2 amide bonds. The number of unbranched alkanes of at least 4 members (excludes halogenated alkanes) is 3. The highest BCUT2D eigenvalue weighted by molar-refractivity contribution is 6.02. The van der Waals surface area contributed by atoms with Crippen molar-refractivity contribution in [1.82, 2.24) is 5.32 Å². The number of carbonyl (C=O) groups excluding carboxylic acids is 1. The lowest BCUT2D eigenvalue weighted by molar-refractivity contribution is 0.250. The molecule has 0 aromatic carbocycles. The van der Waals surface area contributed by atoms with Crippen molar-refractivity contribution in [2.45, 2.75) is 45.1 Å². The topological polar surface area (TPSA) is 67.5 Å². The SMILES string of the molecule is CCCCCCC1NC(=O)N=C1N. The maximum Gasteiger partial charge on any atom is 0.343 e. The normalized spacial score (nSPS) is 21.5. The van der Waals surface area contributed by atoms with Gasteiger partial charge in [0.05, 0.1) is 6.04 Å². The number of urea groups is 1. The Bertz CT molecular complexity index is 213. The van der Waals surface area contributed by atoms with Crippen LogP contribution in [0.4, 0.5) is 4.79 Å². The van der Waals surface area contributed by atoms with Crippen LogP contribution in [0, 0.1) is 0 Å². The number of hydrogen-bond acceptors (Lipinski definition) is 2. The van der Waals surface area contributed by atoms with Crippen LogP contribution in [0.3, 0.4) is 0 Å². The molecule has 0 saturated carbocycles. The summed E-state index contributed by atoms with van der Waals surface area (Å²) in [6.07, 6.45) is 5.70. The average molecular weight is 183 g/mol. The molecule has 4 heteroatoms. The first-order valence-electron chi connectivity index (χ1n) is 4.88. The van der Waals surface area contributed by atoms with Crippen molar-refractivity contribution in [3.63, 3.8) is 0 Å². The smallest absolute Gasteiger partial charge is 0.343 e. The van der Waals surface area contributed by atoms with E-state index < -0.39 is 0 Å². The third-order valence-electron chi connectivity index (χ3n) is 2.23. The first-order chi connectivity index (χ1) is 6.24. The number of nitrogens with one attached hydrogen (secondary N) is 1. The van der Waals surface area contributed by atoms with Gasteiger partial charge in [-0.05, 0) is 6.42 Å². The molecule has 4 nitrogen and oxygen atoms in total. The lowest BCUT2D eigenvalue weighted by atomic mass is 10.1. The van der Waals surface area contributed by atoms with Gasteiger partial charge in [0.25, 0.3) is 0 Å². The van der Waals surface area contributed by atoms with Crippen molar-refractivity contribution in [2.75, 3.05) is 0 Å². The number of nitrogens with two attached hydrogens (primary N) is 1. The van der Waals surface area contributed by atoms with Crippen LogP contribution in [0.15, 0.2) is 4.99 Å². The second-order valence-electron chi connectivity index (χ2n) is 3.39. The zero-order valence-corrected chi connectivity index (χ0v) is 8.05. The number of carbonyl (C=O) groups is 1. The summed E-state index contributed by atoms with van der Waals surface area (Å²) in [6.45, 7) is 2.17. The van der Waals surface area contributed by atoms with Crippen LogP contribution >= 0.6 is 0 Å². The summed E-state index contributed by atoms with van der Waals surface area (Å²) < 4.78 is 0. The van der Waals surface area contributed by atoms with E-state index in [0.717, 1.165) is 12.8 Å². The summed E-state index contributed by atoms with van der Waals surface area (Å²) in [6, 6.07) is -0.303. The molecule has 1 aliphatic heterocycles. The Kier molecular flexibility index (Phi) is 3.73. The molecule has 1 atom stereocenters. The molecule has 0 spiro atoms. The molecule has 1 aliphatic rings. The third-order valence-corrected chi connectivity index (χ3v) is 2.23. The van der Waals surface area contributed by atoms with E-state index in [0.29, 0.717) is 5.84 Å². The summed E-state index contributed by atoms with van der Waals surface area (Å²) in [5, 5.41) is 2.71. The first kappa shape index (κ1) is 10.0. The Hall–Kier alpha value is -1.06. The van der Waals surface area contributed by atoms with Crippen molar-refractivity contribution in [1.29, 1.82) is 0 Å².